The topological polar surface area (TPSA) is 138 Å². The Kier molecular flexibility index (Phi) is 9.41. The Morgan fingerprint density at radius 2 is 1.77 bits per heavy atom. The van der Waals surface area contributed by atoms with E-state index in [2.05, 4.69) is 15.6 Å². The first kappa shape index (κ1) is 25.1. The Balaban J connectivity index is 0.00000218. The Labute approximate surface area is 179 Å². The van der Waals surface area contributed by atoms with Gasteiger partial charge in [0, 0.05) is 16.6 Å². The number of aliphatic hydroxyl groups excluding tert-OH is 1. The monoisotopic (exact) mass is 437 g/mol. The van der Waals surface area contributed by atoms with Gasteiger partial charge < -0.3 is 20.3 Å². The van der Waals surface area contributed by atoms with Crippen molar-refractivity contribution in [1.82, 2.24) is 10.3 Å². The zero-order chi connectivity index (χ0) is 22.9. The molecule has 1 atom stereocenters. The molecule has 0 saturated carbocycles. The predicted molar refractivity (Wildman–Crippen MR) is 115 cm³/mol. The number of nitrogens with one attached hydrogen (secondary N) is 2. The number of hydrogen-bond acceptors (Lipinski definition) is 7. The smallest absolute Gasteiger partial charge is 0.412 e. The second-order valence-corrected chi connectivity index (χ2v) is 7.65. The molecule has 9 nitrogen and oxygen atoms in total. The second-order valence-electron chi connectivity index (χ2n) is 6.79. The minimum absolute atomic E-state index is 0.0515. The fourth-order valence-corrected chi connectivity index (χ4v) is 2.85. The highest BCUT2D eigenvalue weighted by molar-refractivity contribution is 7.13. The molecule has 0 bridgehead atoms. The van der Waals surface area contributed by atoms with Crippen molar-refractivity contribution in [2.45, 2.75) is 46.3 Å². The molecule has 1 heterocycles. The van der Waals surface area contributed by atoms with Crippen LogP contribution in [0.4, 0.5) is 10.5 Å². The van der Waals surface area contributed by atoms with E-state index in [1.165, 1.54) is 16.7 Å². The van der Waals surface area contributed by atoms with Crippen molar-refractivity contribution in [3.8, 4) is 10.6 Å². The number of carbonyl (C=O) groups is 3. The molecule has 1 aromatic heterocycles. The average molecular weight is 438 g/mol. The van der Waals surface area contributed by atoms with E-state index in [1.54, 1.807) is 45.0 Å². The van der Waals surface area contributed by atoms with Gasteiger partial charge in [-0.15, -0.1) is 11.3 Å². The number of anilines is 1. The molecular weight excluding hydrogens is 410 g/mol. The fourth-order valence-electron chi connectivity index (χ4n) is 2.05. The molecule has 1 unspecified atom stereocenters. The lowest BCUT2D eigenvalue weighted by molar-refractivity contribution is -0.140. The fraction of sp³-hybridized carbons (Fsp3) is 0.400. The summed E-state index contributed by atoms with van der Waals surface area (Å²) in [5, 5.41) is 24.7. The van der Waals surface area contributed by atoms with E-state index in [9.17, 15) is 14.4 Å². The van der Waals surface area contributed by atoms with Crippen molar-refractivity contribution < 1.29 is 29.3 Å². The van der Waals surface area contributed by atoms with Crippen LogP contribution in [0.3, 0.4) is 0 Å². The Bertz CT molecular complexity index is 858. The maximum atomic E-state index is 12.0. The van der Waals surface area contributed by atoms with Crippen LogP contribution in [0.15, 0.2) is 29.6 Å². The highest BCUT2D eigenvalue weighted by Gasteiger charge is 2.21. The molecule has 0 saturated heterocycles. The maximum absolute atomic E-state index is 12.0. The number of carbonyl (C=O) groups excluding carboxylic acids is 2. The number of nitrogens with zero attached hydrogens (tertiary/aromatic N) is 1. The van der Waals surface area contributed by atoms with E-state index in [-0.39, 0.29) is 5.69 Å². The number of benzene rings is 1. The third-order valence-electron chi connectivity index (χ3n) is 3.30. The number of aliphatic hydroxyl groups is 1. The molecule has 30 heavy (non-hydrogen) atoms. The van der Waals surface area contributed by atoms with E-state index in [0.29, 0.717) is 10.7 Å². The molecule has 2 aromatic rings. The normalized spacial score (nSPS) is 11.5. The van der Waals surface area contributed by atoms with Crippen LogP contribution in [-0.4, -0.2) is 51.4 Å². The first-order valence-electron chi connectivity index (χ1n) is 9.29. The Hall–Kier alpha value is -2.98. The summed E-state index contributed by atoms with van der Waals surface area (Å²) in [7, 11) is 0. The van der Waals surface area contributed by atoms with Crippen molar-refractivity contribution in [2.24, 2.45) is 0 Å². The van der Waals surface area contributed by atoms with Crippen molar-refractivity contribution in [3.63, 3.8) is 0 Å². The third-order valence-corrected chi connectivity index (χ3v) is 4.19. The number of carboxylic acids is 1. The van der Waals surface area contributed by atoms with E-state index in [1.807, 2.05) is 13.8 Å². The molecule has 0 radical (unpaired) electrons. The van der Waals surface area contributed by atoms with Crippen LogP contribution >= 0.6 is 11.3 Å². The van der Waals surface area contributed by atoms with Gasteiger partial charge in [0.25, 0.3) is 5.91 Å². The SMILES string of the molecule is CC.CC(C)(C)OC(=O)Nc1ccc(-c2nc(C(=O)NC(CO)C(=O)O)cs2)cc1. The van der Waals surface area contributed by atoms with E-state index < -0.39 is 36.2 Å². The maximum Gasteiger partial charge on any atom is 0.412 e. The predicted octanol–water partition coefficient (Wildman–Crippen LogP) is 3.36. The molecule has 0 fully saturated rings. The first-order chi connectivity index (χ1) is 14.1. The lowest BCUT2D eigenvalue weighted by atomic mass is 10.2. The first-order valence-corrected chi connectivity index (χ1v) is 10.2. The molecule has 0 aliphatic carbocycles. The highest BCUT2D eigenvalue weighted by Crippen LogP contribution is 2.25. The number of amides is 2. The quantitative estimate of drug-likeness (QED) is 0.543. The number of aliphatic carboxylic acids is 1. The van der Waals surface area contributed by atoms with Crippen molar-refractivity contribution >= 4 is 35.0 Å². The third kappa shape index (κ3) is 7.80. The molecule has 2 amide bonds. The van der Waals surface area contributed by atoms with Crippen molar-refractivity contribution in [1.29, 1.82) is 0 Å². The van der Waals surface area contributed by atoms with Crippen LogP contribution in [0.5, 0.6) is 0 Å². The number of rotatable bonds is 6. The van der Waals surface area contributed by atoms with Gasteiger partial charge in [-0.05, 0) is 45.0 Å². The molecule has 10 heteroatoms. The Morgan fingerprint density at radius 3 is 2.27 bits per heavy atom. The van der Waals surface area contributed by atoms with Gasteiger partial charge in [0.05, 0.1) is 6.61 Å². The minimum Gasteiger partial charge on any atom is -0.480 e. The number of thiazole rings is 1. The lowest BCUT2D eigenvalue weighted by Crippen LogP contribution is -2.43. The standard InChI is InChI=1S/C18H21N3O6S.C2H6/c1-18(2,3)27-17(26)19-11-6-4-10(5-7-11)15-21-13(9-28-15)14(23)20-12(8-22)16(24)25;1-2/h4-7,9,12,22H,8H2,1-3H3,(H,19,26)(H,20,23)(H,24,25);1-2H3. The minimum atomic E-state index is -1.39. The van der Waals surface area contributed by atoms with E-state index >= 15 is 0 Å². The summed E-state index contributed by atoms with van der Waals surface area (Å²) in [5.41, 5.74) is 0.712. The zero-order valence-electron chi connectivity index (χ0n) is 17.6. The molecule has 1 aromatic carbocycles. The van der Waals surface area contributed by atoms with Crippen LogP contribution in [0.1, 0.15) is 45.1 Å². The van der Waals surface area contributed by atoms with Crippen LogP contribution < -0.4 is 10.6 Å². The largest absolute Gasteiger partial charge is 0.480 e. The average Bonchev–Trinajstić information content (AvgIpc) is 3.16. The van der Waals surface area contributed by atoms with E-state index in [0.717, 1.165) is 5.56 Å². The van der Waals surface area contributed by atoms with Gasteiger partial charge in [-0.25, -0.2) is 14.6 Å². The van der Waals surface area contributed by atoms with Gasteiger partial charge in [0.15, 0.2) is 6.04 Å². The number of hydrogen-bond donors (Lipinski definition) is 4. The lowest BCUT2D eigenvalue weighted by Gasteiger charge is -2.19. The molecule has 2 rings (SSSR count). The molecule has 0 aliphatic heterocycles. The summed E-state index contributed by atoms with van der Waals surface area (Å²) < 4.78 is 5.18. The van der Waals surface area contributed by atoms with Gasteiger partial charge in [-0.3, -0.25) is 10.1 Å². The summed E-state index contributed by atoms with van der Waals surface area (Å²) in [6.07, 6.45) is -0.565. The van der Waals surface area contributed by atoms with Crippen LogP contribution in [0, 0.1) is 0 Å². The molecule has 0 aliphatic rings. The number of carboxylic acid groups (broad SMARTS) is 1. The van der Waals surface area contributed by atoms with Gasteiger partial charge >= 0.3 is 12.1 Å². The number of aromatic nitrogens is 1. The zero-order valence-corrected chi connectivity index (χ0v) is 18.4. The summed E-state index contributed by atoms with van der Waals surface area (Å²) in [5.74, 6) is -2.02. The van der Waals surface area contributed by atoms with E-state index in [4.69, 9.17) is 14.9 Å². The summed E-state index contributed by atoms with van der Waals surface area (Å²) in [4.78, 5) is 38.9. The van der Waals surface area contributed by atoms with Crippen molar-refractivity contribution in [3.05, 3.63) is 35.3 Å². The molecule has 164 valence electrons. The highest BCUT2D eigenvalue weighted by atomic mass is 32.1. The molecule has 0 spiro atoms. The summed E-state index contributed by atoms with van der Waals surface area (Å²) in [6.45, 7) is 8.59. The van der Waals surface area contributed by atoms with Gasteiger partial charge in [-0.2, -0.15) is 0 Å². The van der Waals surface area contributed by atoms with Crippen LogP contribution in [0.25, 0.3) is 10.6 Å². The van der Waals surface area contributed by atoms with Crippen molar-refractivity contribution in [2.75, 3.05) is 11.9 Å². The molecule has 4 N–H and O–H groups in total. The Morgan fingerprint density at radius 1 is 1.17 bits per heavy atom. The van der Waals surface area contributed by atoms with Gasteiger partial charge in [-0.1, -0.05) is 13.8 Å². The second kappa shape index (κ2) is 11.3. The molecular formula is C20H27N3O6S. The number of ether oxygens (including phenoxy) is 1. The van der Waals surface area contributed by atoms with Gasteiger partial charge in [0.2, 0.25) is 0 Å². The van der Waals surface area contributed by atoms with Crippen LogP contribution in [0.2, 0.25) is 0 Å². The summed E-state index contributed by atoms with van der Waals surface area (Å²) >= 11 is 1.21. The summed E-state index contributed by atoms with van der Waals surface area (Å²) in [6, 6.07) is 5.40. The van der Waals surface area contributed by atoms with Crippen LogP contribution in [-0.2, 0) is 9.53 Å². The van der Waals surface area contributed by atoms with Gasteiger partial charge in [0.1, 0.15) is 16.3 Å².